The number of carbonyl (C=O) groups excluding carboxylic acids is 2. The number of ether oxygens (including phenoxy) is 2. The molecular formula is C19H30N3O5-. The molecule has 0 aliphatic rings. The first-order valence-electron chi connectivity index (χ1n) is 8.72. The summed E-state index contributed by atoms with van der Waals surface area (Å²) in [5, 5.41) is 15.2. The molecule has 152 valence electrons. The van der Waals surface area contributed by atoms with E-state index in [1.54, 1.807) is 53.7 Å². The van der Waals surface area contributed by atoms with Crippen LogP contribution in [0.4, 0.5) is 10.6 Å². The Morgan fingerprint density at radius 1 is 1.07 bits per heavy atom. The Hall–Kier alpha value is -2.19. The minimum Gasteiger partial charge on any atom is -0.785 e. The number of hydroxylamine groups is 2. The summed E-state index contributed by atoms with van der Waals surface area (Å²) in [4.78, 5) is 28.4. The van der Waals surface area contributed by atoms with Crippen molar-refractivity contribution < 1.29 is 19.1 Å². The molecule has 0 aliphatic heterocycles. The zero-order valence-corrected chi connectivity index (χ0v) is 17.4. The van der Waals surface area contributed by atoms with Crippen molar-refractivity contribution >= 4 is 17.9 Å². The van der Waals surface area contributed by atoms with Crippen molar-refractivity contribution in [1.29, 1.82) is 0 Å². The minimum absolute atomic E-state index is 0.113. The van der Waals surface area contributed by atoms with E-state index in [1.165, 1.54) is 20.2 Å². The number of hydrogen-bond acceptors (Lipinski definition) is 7. The van der Waals surface area contributed by atoms with Crippen molar-refractivity contribution in [3.8, 4) is 0 Å². The Morgan fingerprint density at radius 3 is 2.04 bits per heavy atom. The second-order valence-corrected chi connectivity index (χ2v) is 8.63. The predicted octanol–water partition coefficient (Wildman–Crippen LogP) is 3.50. The Bertz CT molecular complexity index is 659. The van der Waals surface area contributed by atoms with Crippen molar-refractivity contribution in [3.05, 3.63) is 29.1 Å². The summed E-state index contributed by atoms with van der Waals surface area (Å²) in [6, 6.07) is 3.27. The van der Waals surface area contributed by atoms with Crippen molar-refractivity contribution in [1.82, 2.24) is 10.0 Å². The van der Waals surface area contributed by atoms with Crippen LogP contribution in [0.5, 0.6) is 0 Å². The highest BCUT2D eigenvalue weighted by atomic mass is 16.6. The van der Waals surface area contributed by atoms with Crippen molar-refractivity contribution in [2.24, 2.45) is 0 Å². The third-order valence-corrected chi connectivity index (χ3v) is 3.54. The molecule has 1 atom stereocenters. The van der Waals surface area contributed by atoms with Gasteiger partial charge in [0.2, 0.25) is 0 Å². The molecule has 0 fully saturated rings. The van der Waals surface area contributed by atoms with E-state index in [0.29, 0.717) is 16.4 Å². The van der Waals surface area contributed by atoms with Gasteiger partial charge in [0.1, 0.15) is 22.6 Å². The number of rotatable bonds is 5. The predicted molar refractivity (Wildman–Crippen MR) is 103 cm³/mol. The zero-order chi connectivity index (χ0) is 21.0. The molecule has 0 saturated heterocycles. The molecule has 1 amide bonds. The fraction of sp³-hybridized carbons (Fsp3) is 0.632. The van der Waals surface area contributed by atoms with Gasteiger partial charge < -0.3 is 19.7 Å². The number of aromatic nitrogens is 1. The number of hydrogen-bond donors (Lipinski definition) is 1. The van der Waals surface area contributed by atoms with Crippen molar-refractivity contribution in [2.45, 2.75) is 71.6 Å². The number of esters is 1. The van der Waals surface area contributed by atoms with Crippen LogP contribution in [0, 0.1) is 5.21 Å². The van der Waals surface area contributed by atoms with Gasteiger partial charge in [-0.2, -0.15) is 0 Å². The largest absolute Gasteiger partial charge is 0.785 e. The van der Waals surface area contributed by atoms with Gasteiger partial charge in [-0.15, -0.1) is 0 Å². The molecule has 1 aromatic rings. The molecule has 1 rings (SSSR count). The maximum Gasteiger partial charge on any atom is 0.413 e. The number of nitrogens with zero attached hydrogens (tertiary/aromatic N) is 2. The van der Waals surface area contributed by atoms with Gasteiger partial charge in [0, 0.05) is 12.6 Å². The van der Waals surface area contributed by atoms with Crippen LogP contribution in [0.15, 0.2) is 18.3 Å². The van der Waals surface area contributed by atoms with Gasteiger partial charge in [-0.25, -0.2) is 9.78 Å². The Balaban J connectivity index is 2.87. The van der Waals surface area contributed by atoms with E-state index >= 15 is 0 Å². The maximum absolute atomic E-state index is 12.5. The molecule has 1 N–H and O–H groups in total. The summed E-state index contributed by atoms with van der Waals surface area (Å²) in [6.45, 7) is 12.1. The molecule has 0 unspecified atom stereocenters. The molecule has 0 spiro atoms. The van der Waals surface area contributed by atoms with Crippen molar-refractivity contribution in [2.75, 3.05) is 12.4 Å². The van der Waals surface area contributed by atoms with Crippen LogP contribution < -0.4 is 5.32 Å². The highest BCUT2D eigenvalue weighted by molar-refractivity contribution is 5.83. The summed E-state index contributed by atoms with van der Waals surface area (Å²) in [5.74, 6) is -0.300. The summed E-state index contributed by atoms with van der Waals surface area (Å²) in [5.41, 5.74) is -2.05. The molecule has 0 saturated carbocycles. The smallest absolute Gasteiger partial charge is 0.413 e. The Labute approximate surface area is 160 Å². The second kappa shape index (κ2) is 8.22. The molecule has 0 aromatic carbocycles. The number of nitrogens with one attached hydrogen (secondary N) is 1. The Kier molecular flexibility index (Phi) is 6.96. The monoisotopic (exact) mass is 380 g/mol. The van der Waals surface area contributed by atoms with Crippen LogP contribution in [-0.4, -0.2) is 45.9 Å². The third kappa shape index (κ3) is 7.52. The van der Waals surface area contributed by atoms with Gasteiger partial charge >= 0.3 is 12.1 Å². The van der Waals surface area contributed by atoms with Crippen LogP contribution in [0.2, 0.25) is 0 Å². The van der Waals surface area contributed by atoms with E-state index in [9.17, 15) is 14.8 Å². The molecular weight excluding hydrogens is 350 g/mol. The number of likely N-dealkylation sites (N-methyl/N-ethyl adjacent to an activating group) is 1. The van der Waals surface area contributed by atoms with Gasteiger partial charge in [0.15, 0.2) is 0 Å². The van der Waals surface area contributed by atoms with E-state index in [4.69, 9.17) is 9.47 Å². The van der Waals surface area contributed by atoms with E-state index < -0.39 is 28.8 Å². The molecule has 0 radical (unpaired) electrons. The first kappa shape index (κ1) is 22.9. The van der Waals surface area contributed by atoms with Gasteiger partial charge in [0.05, 0.1) is 0 Å². The summed E-state index contributed by atoms with van der Waals surface area (Å²) < 4.78 is 10.5. The topological polar surface area (TPSA) is 104 Å². The number of anilines is 1. The molecule has 1 aromatic heterocycles. The Morgan fingerprint density at radius 2 is 1.63 bits per heavy atom. The van der Waals surface area contributed by atoms with Crippen LogP contribution in [-0.2, 0) is 20.7 Å². The average Bonchev–Trinajstić information content (AvgIpc) is 2.45. The third-order valence-electron chi connectivity index (χ3n) is 3.54. The minimum atomic E-state index is -1.39. The lowest BCUT2D eigenvalue weighted by atomic mass is 9.93. The fourth-order valence-electron chi connectivity index (χ4n) is 2.11. The van der Waals surface area contributed by atoms with E-state index in [-0.39, 0.29) is 6.42 Å². The molecule has 0 bridgehead atoms. The lowest BCUT2D eigenvalue weighted by Gasteiger charge is -2.42. The molecule has 0 aliphatic carbocycles. The van der Waals surface area contributed by atoms with Gasteiger partial charge in [0.25, 0.3) is 0 Å². The van der Waals surface area contributed by atoms with E-state index in [2.05, 4.69) is 10.3 Å². The summed E-state index contributed by atoms with van der Waals surface area (Å²) in [7, 11) is 1.29. The summed E-state index contributed by atoms with van der Waals surface area (Å²) in [6.07, 6.45) is 1.00. The normalized spacial score (nSPS) is 14.4. The molecule has 8 heteroatoms. The highest BCUT2D eigenvalue weighted by Crippen LogP contribution is 2.24. The standard InChI is InChI=1S/C19H30N3O5/c1-17(2,3)26-15(23)19(7,22(8)25)11-13-9-10-14(20-12-13)21-16(24)27-18(4,5)6/h9-10,12H,11H2,1-8H3,(H,20,21,24)/q-1/t19-/m0/s1. The molecule has 27 heavy (non-hydrogen) atoms. The number of amides is 1. The second-order valence-electron chi connectivity index (χ2n) is 8.63. The van der Waals surface area contributed by atoms with E-state index in [1.807, 2.05) is 0 Å². The average molecular weight is 380 g/mol. The van der Waals surface area contributed by atoms with Crippen molar-refractivity contribution in [3.63, 3.8) is 0 Å². The number of carbonyl (C=O) groups is 2. The lowest BCUT2D eigenvalue weighted by molar-refractivity contribution is -0.166. The SMILES string of the molecule is CN([O-])[C@@](C)(Cc1ccc(NC(=O)OC(C)(C)C)nc1)C(=O)OC(C)(C)C. The van der Waals surface area contributed by atoms with Crippen LogP contribution in [0.25, 0.3) is 0 Å². The fourth-order valence-corrected chi connectivity index (χ4v) is 2.11. The molecule has 1 heterocycles. The van der Waals surface area contributed by atoms with Crippen LogP contribution in [0.3, 0.4) is 0 Å². The van der Waals surface area contributed by atoms with E-state index in [0.717, 1.165) is 0 Å². The van der Waals surface area contributed by atoms with Crippen LogP contribution >= 0.6 is 0 Å². The van der Waals surface area contributed by atoms with Gasteiger partial charge in [-0.1, -0.05) is 6.07 Å². The maximum atomic E-state index is 12.5. The van der Waals surface area contributed by atoms with Gasteiger partial charge in [-0.3, -0.25) is 10.1 Å². The highest BCUT2D eigenvalue weighted by Gasteiger charge is 2.37. The summed E-state index contributed by atoms with van der Waals surface area (Å²) >= 11 is 0. The van der Waals surface area contributed by atoms with Gasteiger partial charge in [-0.05, 0) is 67.1 Å². The quantitative estimate of drug-likeness (QED) is 0.616. The first-order chi connectivity index (χ1) is 12.1. The zero-order valence-electron chi connectivity index (χ0n) is 17.4. The lowest BCUT2D eigenvalue weighted by Crippen LogP contribution is -2.52. The number of pyridine rings is 1. The first-order valence-corrected chi connectivity index (χ1v) is 8.72. The molecule has 8 nitrogen and oxygen atoms in total. The van der Waals surface area contributed by atoms with Crippen LogP contribution in [0.1, 0.15) is 54.0 Å².